The molecular weight excluding hydrogens is 320 g/mol. The van der Waals surface area contributed by atoms with Gasteiger partial charge in [0.25, 0.3) is 0 Å². The molecule has 0 spiro atoms. The van der Waals surface area contributed by atoms with E-state index >= 15 is 0 Å². The van der Waals surface area contributed by atoms with Crippen LogP contribution in [0.4, 0.5) is 9.80 Å². The zero-order valence-corrected chi connectivity index (χ0v) is 14.3. The van der Waals surface area contributed by atoms with E-state index in [9.17, 15) is 14.4 Å². The molecule has 128 valence electrons. The van der Waals surface area contributed by atoms with E-state index in [0.29, 0.717) is 29.3 Å². The van der Waals surface area contributed by atoms with Crippen LogP contribution in [0.5, 0.6) is 0 Å². The highest BCUT2D eigenvalue weighted by Gasteiger charge is 2.21. The summed E-state index contributed by atoms with van der Waals surface area (Å²) in [5, 5.41) is 16.0. The second-order valence-corrected chi connectivity index (χ2v) is 6.31. The Balaban J connectivity index is 2.71. The molecule has 0 saturated carbocycles. The lowest BCUT2D eigenvalue weighted by atomic mass is 10.0. The van der Waals surface area contributed by atoms with Gasteiger partial charge in [0.2, 0.25) is 0 Å². The van der Waals surface area contributed by atoms with Crippen molar-refractivity contribution in [3.63, 3.8) is 0 Å². The maximum atomic E-state index is 12.0. The van der Waals surface area contributed by atoms with Crippen molar-refractivity contribution in [1.82, 2.24) is 5.32 Å². The average Bonchev–Trinajstić information content (AvgIpc) is 2.84. The summed E-state index contributed by atoms with van der Waals surface area (Å²) in [6.45, 7) is 4.33. The van der Waals surface area contributed by atoms with E-state index in [0.717, 1.165) is 5.56 Å². The number of urea groups is 1. The Morgan fingerprint density at radius 1 is 1.35 bits per heavy atom. The number of nitrogens with one attached hydrogen (secondary N) is 2. The second-order valence-electron chi connectivity index (χ2n) is 5.43. The number of anilines is 1. The van der Waals surface area contributed by atoms with Crippen molar-refractivity contribution < 1.29 is 24.2 Å². The van der Waals surface area contributed by atoms with Crippen molar-refractivity contribution >= 4 is 34.3 Å². The van der Waals surface area contributed by atoms with E-state index in [2.05, 4.69) is 10.6 Å². The molecule has 0 aliphatic rings. The number of thiophene rings is 1. The number of rotatable bonds is 8. The number of esters is 1. The molecule has 7 nitrogen and oxygen atoms in total. The van der Waals surface area contributed by atoms with E-state index in [1.165, 1.54) is 18.4 Å². The first-order valence-corrected chi connectivity index (χ1v) is 8.18. The second kappa shape index (κ2) is 9.14. The average molecular weight is 342 g/mol. The first kappa shape index (κ1) is 19.0. The van der Waals surface area contributed by atoms with Crippen molar-refractivity contribution in [3.8, 4) is 0 Å². The molecule has 0 aliphatic heterocycles. The Morgan fingerprint density at radius 2 is 2.04 bits per heavy atom. The number of aliphatic carboxylic acids is 1. The summed E-state index contributed by atoms with van der Waals surface area (Å²) in [5.74, 6) is -1.02. The van der Waals surface area contributed by atoms with Gasteiger partial charge in [-0.05, 0) is 29.7 Å². The molecule has 1 aromatic heterocycles. The molecule has 1 rings (SSSR count). The van der Waals surface area contributed by atoms with Gasteiger partial charge in [-0.3, -0.25) is 10.1 Å². The van der Waals surface area contributed by atoms with Crippen LogP contribution < -0.4 is 10.6 Å². The molecule has 0 atom stereocenters. The first-order chi connectivity index (χ1) is 10.8. The Hall–Kier alpha value is -2.09. The lowest BCUT2D eigenvalue weighted by molar-refractivity contribution is -0.137. The number of carbonyl (C=O) groups is 3. The zero-order chi connectivity index (χ0) is 17.4. The molecule has 0 bridgehead atoms. The van der Waals surface area contributed by atoms with Gasteiger partial charge < -0.3 is 15.2 Å². The van der Waals surface area contributed by atoms with Crippen molar-refractivity contribution in [2.75, 3.05) is 19.0 Å². The summed E-state index contributed by atoms with van der Waals surface area (Å²) >= 11 is 1.27. The van der Waals surface area contributed by atoms with Gasteiger partial charge in [-0.1, -0.05) is 13.8 Å². The minimum atomic E-state index is -0.906. The van der Waals surface area contributed by atoms with Crippen LogP contribution in [0.3, 0.4) is 0 Å². The van der Waals surface area contributed by atoms with Crippen LogP contribution >= 0.6 is 11.3 Å². The number of carbonyl (C=O) groups excluding carboxylic acids is 2. The summed E-state index contributed by atoms with van der Waals surface area (Å²) in [5.41, 5.74) is 1.23. The highest BCUT2D eigenvalue weighted by molar-refractivity contribution is 7.15. The Labute approximate surface area is 139 Å². The smallest absolute Gasteiger partial charge is 0.341 e. The summed E-state index contributed by atoms with van der Waals surface area (Å²) < 4.78 is 4.79. The van der Waals surface area contributed by atoms with Crippen molar-refractivity contribution in [1.29, 1.82) is 0 Å². The molecule has 3 N–H and O–H groups in total. The van der Waals surface area contributed by atoms with E-state index in [-0.39, 0.29) is 13.0 Å². The van der Waals surface area contributed by atoms with Crippen LogP contribution in [0.1, 0.15) is 42.6 Å². The SMILES string of the molecule is COC(=O)c1c(CC(C)C)csc1NC(=O)NCCCC(=O)O. The van der Waals surface area contributed by atoms with Gasteiger partial charge in [0, 0.05) is 13.0 Å². The summed E-state index contributed by atoms with van der Waals surface area (Å²) in [4.78, 5) is 34.2. The predicted molar refractivity (Wildman–Crippen MR) is 88.1 cm³/mol. The van der Waals surface area contributed by atoms with Gasteiger partial charge in [-0.15, -0.1) is 11.3 Å². The molecule has 8 heteroatoms. The van der Waals surface area contributed by atoms with Crippen molar-refractivity contribution in [2.45, 2.75) is 33.1 Å². The normalized spacial score (nSPS) is 10.4. The molecule has 0 aromatic carbocycles. The quantitative estimate of drug-likeness (QED) is 0.498. The van der Waals surface area contributed by atoms with Gasteiger partial charge in [0.15, 0.2) is 0 Å². The highest BCUT2D eigenvalue weighted by Crippen LogP contribution is 2.30. The van der Waals surface area contributed by atoms with Crippen LogP contribution in [0.2, 0.25) is 0 Å². The summed E-state index contributed by atoms with van der Waals surface area (Å²) in [7, 11) is 1.30. The molecule has 0 fully saturated rings. The van der Waals surface area contributed by atoms with Gasteiger partial charge >= 0.3 is 18.0 Å². The first-order valence-electron chi connectivity index (χ1n) is 7.30. The monoisotopic (exact) mass is 342 g/mol. The molecular formula is C15H22N2O5S. The van der Waals surface area contributed by atoms with Gasteiger partial charge in [-0.2, -0.15) is 0 Å². The van der Waals surface area contributed by atoms with Gasteiger partial charge in [0.05, 0.1) is 12.7 Å². The lowest BCUT2D eigenvalue weighted by Gasteiger charge is -2.09. The standard InChI is InChI=1S/C15H22N2O5S/c1-9(2)7-10-8-23-13(12(10)14(20)22-3)17-15(21)16-6-4-5-11(18)19/h8-9H,4-7H2,1-3H3,(H,18,19)(H2,16,17,21). The van der Waals surface area contributed by atoms with Crippen molar-refractivity contribution in [3.05, 3.63) is 16.5 Å². The number of ether oxygens (including phenoxy) is 1. The van der Waals surface area contributed by atoms with E-state index in [1.807, 2.05) is 19.2 Å². The van der Waals surface area contributed by atoms with E-state index in [4.69, 9.17) is 9.84 Å². The Kier molecular flexibility index (Phi) is 7.53. The molecule has 0 aliphatic carbocycles. The van der Waals surface area contributed by atoms with Crippen LogP contribution in [-0.2, 0) is 16.0 Å². The Bertz CT molecular complexity index is 568. The third-order valence-electron chi connectivity index (χ3n) is 2.96. The van der Waals surface area contributed by atoms with Crippen LogP contribution in [-0.4, -0.2) is 36.7 Å². The molecule has 1 aromatic rings. The highest BCUT2D eigenvalue weighted by atomic mass is 32.1. The number of amides is 2. The van der Waals surface area contributed by atoms with Gasteiger partial charge in [-0.25, -0.2) is 9.59 Å². The number of hydrogen-bond donors (Lipinski definition) is 3. The minimum absolute atomic E-state index is 0.00870. The zero-order valence-electron chi connectivity index (χ0n) is 13.5. The lowest BCUT2D eigenvalue weighted by Crippen LogP contribution is -2.30. The molecule has 0 unspecified atom stereocenters. The fourth-order valence-electron chi connectivity index (χ4n) is 1.99. The fraction of sp³-hybridized carbons (Fsp3) is 0.533. The third-order valence-corrected chi connectivity index (χ3v) is 3.91. The molecule has 2 amide bonds. The number of carboxylic acids is 1. The van der Waals surface area contributed by atoms with Crippen molar-refractivity contribution in [2.24, 2.45) is 5.92 Å². The van der Waals surface area contributed by atoms with Gasteiger partial charge in [0.1, 0.15) is 5.00 Å². The maximum absolute atomic E-state index is 12.0. The largest absolute Gasteiger partial charge is 0.481 e. The fourth-order valence-corrected chi connectivity index (χ4v) is 2.95. The topological polar surface area (TPSA) is 105 Å². The van der Waals surface area contributed by atoms with Crippen LogP contribution in [0.15, 0.2) is 5.38 Å². The van der Waals surface area contributed by atoms with E-state index < -0.39 is 18.0 Å². The number of carboxylic acid groups (broad SMARTS) is 1. The summed E-state index contributed by atoms with van der Waals surface area (Å²) in [6, 6.07) is -0.474. The Morgan fingerprint density at radius 3 is 2.61 bits per heavy atom. The van der Waals surface area contributed by atoms with Crippen LogP contribution in [0.25, 0.3) is 0 Å². The molecule has 1 heterocycles. The number of hydrogen-bond acceptors (Lipinski definition) is 5. The predicted octanol–water partition coefficient (Wildman–Crippen LogP) is 2.72. The van der Waals surface area contributed by atoms with Crippen LogP contribution in [0, 0.1) is 5.92 Å². The number of methoxy groups -OCH3 is 1. The molecule has 0 saturated heterocycles. The minimum Gasteiger partial charge on any atom is -0.481 e. The van der Waals surface area contributed by atoms with E-state index in [1.54, 1.807) is 0 Å². The summed E-state index contributed by atoms with van der Waals surface area (Å²) in [6.07, 6.45) is 1.05. The molecule has 23 heavy (non-hydrogen) atoms. The third kappa shape index (κ3) is 6.27. The maximum Gasteiger partial charge on any atom is 0.341 e. The molecule has 0 radical (unpaired) electrons.